The third kappa shape index (κ3) is 2.87. The molecule has 2 fully saturated rings. The number of carbonyl (C=O) groups is 1. The zero-order chi connectivity index (χ0) is 17.5. The van der Waals surface area contributed by atoms with Crippen LogP contribution in [-0.4, -0.2) is 71.5 Å². The van der Waals surface area contributed by atoms with E-state index in [1.54, 1.807) is 6.33 Å². The van der Waals surface area contributed by atoms with Crippen LogP contribution in [0.2, 0.25) is 0 Å². The van der Waals surface area contributed by atoms with E-state index in [1.165, 1.54) is 35.1 Å². The number of piperazine rings is 1. The Morgan fingerprint density at radius 2 is 1.81 bits per heavy atom. The first kappa shape index (κ1) is 16.4. The van der Waals surface area contributed by atoms with Gasteiger partial charge < -0.3 is 9.80 Å². The Morgan fingerprint density at radius 3 is 2.62 bits per heavy atom. The van der Waals surface area contributed by atoms with Gasteiger partial charge in [0.05, 0.1) is 11.9 Å². The van der Waals surface area contributed by atoms with Crippen LogP contribution in [0.4, 0.5) is 5.82 Å². The van der Waals surface area contributed by atoms with Crippen LogP contribution >= 0.6 is 11.3 Å². The van der Waals surface area contributed by atoms with E-state index in [0.717, 1.165) is 62.8 Å². The first-order valence-electron chi connectivity index (χ1n) is 9.80. The van der Waals surface area contributed by atoms with Crippen molar-refractivity contribution in [2.75, 3.05) is 50.7 Å². The van der Waals surface area contributed by atoms with Gasteiger partial charge in [-0.2, -0.15) is 0 Å². The first-order valence-corrected chi connectivity index (χ1v) is 10.6. The Kier molecular flexibility index (Phi) is 4.29. The summed E-state index contributed by atoms with van der Waals surface area (Å²) in [6, 6.07) is 0. The molecule has 2 saturated heterocycles. The van der Waals surface area contributed by atoms with Crippen LogP contribution in [-0.2, 0) is 17.6 Å². The zero-order valence-corrected chi connectivity index (χ0v) is 15.9. The summed E-state index contributed by atoms with van der Waals surface area (Å²) < 4.78 is 0. The molecule has 138 valence electrons. The van der Waals surface area contributed by atoms with Gasteiger partial charge in [0.25, 0.3) is 0 Å². The average molecular weight is 372 g/mol. The van der Waals surface area contributed by atoms with Crippen LogP contribution in [0.25, 0.3) is 10.2 Å². The Bertz CT molecular complexity index is 821. The lowest BCUT2D eigenvalue weighted by Gasteiger charge is -2.35. The largest absolute Gasteiger partial charge is 0.353 e. The summed E-state index contributed by atoms with van der Waals surface area (Å²) in [5.74, 6) is 1.41. The van der Waals surface area contributed by atoms with E-state index in [2.05, 4.69) is 19.8 Å². The van der Waals surface area contributed by atoms with Crippen molar-refractivity contribution in [1.29, 1.82) is 0 Å². The van der Waals surface area contributed by atoms with Gasteiger partial charge >= 0.3 is 0 Å². The molecule has 2 aliphatic heterocycles. The fourth-order valence-electron chi connectivity index (χ4n) is 4.53. The maximum absolute atomic E-state index is 12.4. The van der Waals surface area contributed by atoms with Crippen molar-refractivity contribution in [2.45, 2.75) is 32.1 Å². The average Bonchev–Trinajstić information content (AvgIpc) is 3.39. The highest BCUT2D eigenvalue weighted by molar-refractivity contribution is 7.19. The molecule has 0 spiro atoms. The van der Waals surface area contributed by atoms with Crippen LogP contribution in [0.3, 0.4) is 0 Å². The number of fused-ring (bicyclic) bond motifs is 3. The minimum atomic E-state index is 0.302. The van der Waals surface area contributed by atoms with Gasteiger partial charge in [0, 0.05) is 44.1 Å². The summed E-state index contributed by atoms with van der Waals surface area (Å²) in [6.45, 7) is 6.19. The number of rotatable bonds is 3. The second-order valence-electron chi connectivity index (χ2n) is 7.59. The Morgan fingerprint density at radius 1 is 1.00 bits per heavy atom. The molecule has 0 radical (unpaired) electrons. The van der Waals surface area contributed by atoms with E-state index in [4.69, 9.17) is 0 Å². The predicted molar refractivity (Wildman–Crippen MR) is 104 cm³/mol. The van der Waals surface area contributed by atoms with Gasteiger partial charge in [-0.05, 0) is 37.7 Å². The molecule has 0 N–H and O–H groups in total. The van der Waals surface area contributed by atoms with Gasteiger partial charge in [0.1, 0.15) is 17.0 Å². The molecule has 3 aliphatic rings. The highest BCUT2D eigenvalue weighted by Crippen LogP contribution is 2.40. The van der Waals surface area contributed by atoms with E-state index in [1.807, 2.05) is 16.2 Å². The number of hydrogen-bond donors (Lipinski definition) is 0. The van der Waals surface area contributed by atoms with Crippen molar-refractivity contribution in [1.82, 2.24) is 19.8 Å². The van der Waals surface area contributed by atoms with Crippen LogP contribution in [0, 0.1) is 0 Å². The normalized spacial score (nSPS) is 20.9. The van der Waals surface area contributed by atoms with Crippen molar-refractivity contribution in [3.8, 4) is 0 Å². The number of anilines is 1. The molecule has 1 aliphatic carbocycles. The maximum atomic E-state index is 12.4. The second-order valence-corrected chi connectivity index (χ2v) is 8.67. The molecule has 4 heterocycles. The summed E-state index contributed by atoms with van der Waals surface area (Å²) >= 11 is 1.85. The van der Waals surface area contributed by atoms with Crippen molar-refractivity contribution in [2.24, 2.45) is 0 Å². The van der Waals surface area contributed by atoms with Crippen LogP contribution in [0.15, 0.2) is 6.33 Å². The summed E-state index contributed by atoms with van der Waals surface area (Å²) in [6.07, 6.45) is 7.66. The minimum Gasteiger partial charge on any atom is -0.353 e. The topological polar surface area (TPSA) is 52.6 Å². The lowest BCUT2D eigenvalue weighted by atomic mass is 10.1. The maximum Gasteiger partial charge on any atom is 0.236 e. The quantitative estimate of drug-likeness (QED) is 0.825. The van der Waals surface area contributed by atoms with Crippen molar-refractivity contribution >= 4 is 33.3 Å². The third-order valence-corrected chi connectivity index (χ3v) is 7.17. The van der Waals surface area contributed by atoms with E-state index >= 15 is 0 Å². The molecule has 6 nitrogen and oxygen atoms in total. The molecule has 2 aromatic heterocycles. The smallest absolute Gasteiger partial charge is 0.236 e. The van der Waals surface area contributed by atoms with Crippen LogP contribution in [0.5, 0.6) is 0 Å². The molecule has 26 heavy (non-hydrogen) atoms. The number of thiophene rings is 1. The van der Waals surface area contributed by atoms with Gasteiger partial charge in [0.2, 0.25) is 5.91 Å². The van der Waals surface area contributed by atoms with Gasteiger partial charge in [-0.3, -0.25) is 9.69 Å². The van der Waals surface area contributed by atoms with Crippen molar-refractivity contribution in [3.05, 3.63) is 16.8 Å². The van der Waals surface area contributed by atoms with Crippen molar-refractivity contribution < 1.29 is 4.79 Å². The Labute approximate surface area is 157 Å². The molecule has 0 saturated carbocycles. The summed E-state index contributed by atoms with van der Waals surface area (Å²) in [5, 5.41) is 1.30. The summed E-state index contributed by atoms with van der Waals surface area (Å²) in [4.78, 5) is 30.9. The van der Waals surface area contributed by atoms with Gasteiger partial charge in [-0.25, -0.2) is 9.97 Å². The van der Waals surface area contributed by atoms with Gasteiger partial charge in [-0.15, -0.1) is 11.3 Å². The lowest BCUT2D eigenvalue weighted by molar-refractivity contribution is -0.131. The molecular formula is C19H25N5OS. The molecule has 7 heteroatoms. The van der Waals surface area contributed by atoms with E-state index in [0.29, 0.717) is 12.5 Å². The molecule has 0 unspecified atom stereocenters. The van der Waals surface area contributed by atoms with Crippen LogP contribution < -0.4 is 4.90 Å². The SMILES string of the molecule is O=C(CN1CCN(c2ncnc3sc4c(c23)CCC4)CC1)N1CCCC1. The molecule has 1 amide bonds. The molecule has 0 atom stereocenters. The zero-order valence-electron chi connectivity index (χ0n) is 15.1. The standard InChI is InChI=1S/C19H25N5OS/c25-16(23-6-1-2-7-23)12-22-8-10-24(11-9-22)18-17-14-4-3-5-15(14)26-19(17)21-13-20-18/h13H,1-12H2. The van der Waals surface area contributed by atoms with Gasteiger partial charge in [0.15, 0.2) is 0 Å². The molecule has 0 aromatic carbocycles. The molecule has 0 bridgehead atoms. The predicted octanol–water partition coefficient (Wildman–Crippen LogP) is 1.92. The lowest BCUT2D eigenvalue weighted by Crippen LogP contribution is -2.50. The number of aryl methyl sites for hydroxylation is 2. The second kappa shape index (κ2) is 6.78. The molecule has 2 aromatic rings. The van der Waals surface area contributed by atoms with Crippen molar-refractivity contribution in [3.63, 3.8) is 0 Å². The number of aromatic nitrogens is 2. The minimum absolute atomic E-state index is 0.302. The third-order valence-electron chi connectivity index (χ3n) is 5.97. The van der Waals surface area contributed by atoms with Gasteiger partial charge in [-0.1, -0.05) is 0 Å². The fraction of sp³-hybridized carbons (Fsp3) is 0.632. The Hall–Kier alpha value is -1.73. The molecular weight excluding hydrogens is 346 g/mol. The highest BCUT2D eigenvalue weighted by atomic mass is 32.1. The first-order chi connectivity index (χ1) is 12.8. The summed E-state index contributed by atoms with van der Waals surface area (Å²) in [7, 11) is 0. The summed E-state index contributed by atoms with van der Waals surface area (Å²) in [5.41, 5.74) is 1.49. The van der Waals surface area contributed by atoms with E-state index in [9.17, 15) is 4.79 Å². The van der Waals surface area contributed by atoms with E-state index < -0.39 is 0 Å². The number of hydrogen-bond acceptors (Lipinski definition) is 6. The number of carbonyl (C=O) groups excluding carboxylic acids is 1. The highest BCUT2D eigenvalue weighted by Gasteiger charge is 2.27. The fourth-order valence-corrected chi connectivity index (χ4v) is 5.75. The molecule has 5 rings (SSSR count). The monoisotopic (exact) mass is 371 g/mol. The number of nitrogens with zero attached hydrogens (tertiary/aromatic N) is 5. The Balaban J connectivity index is 1.28. The van der Waals surface area contributed by atoms with Crippen LogP contribution in [0.1, 0.15) is 29.7 Å². The van der Waals surface area contributed by atoms with E-state index in [-0.39, 0.29) is 0 Å². The number of amides is 1. The number of likely N-dealkylation sites (tertiary alicyclic amines) is 1.